The zero-order valence-corrected chi connectivity index (χ0v) is 18.6. The molecule has 2 aliphatic heterocycles. The molecule has 2 N–H and O–H groups in total. The second-order valence-corrected chi connectivity index (χ2v) is 8.92. The van der Waals surface area contributed by atoms with E-state index in [2.05, 4.69) is 5.10 Å². The minimum absolute atomic E-state index is 0.107. The summed E-state index contributed by atoms with van der Waals surface area (Å²) in [7, 11) is 1.72. The Morgan fingerprint density at radius 3 is 2.44 bits per heavy atom. The van der Waals surface area contributed by atoms with Crippen molar-refractivity contribution in [3.8, 4) is 6.07 Å². The molecule has 1 aromatic heterocycles. The molecule has 0 bridgehead atoms. The number of anilines is 1. The standard InChI is InChI=1S/C23H25F3N6O2/c1-30-7-6-20(29-30)22(34)32-12-17(18(13-32)21(28)33)14-4-8-31(9-5-14)16-3-2-15(11-27)19(10-16)23(24,25)26/h2-3,6-7,10,14,17-18H,4-5,8-9,12-13H2,1H3,(H2,28,33)/t17-,18+/m0/s1. The van der Waals surface area contributed by atoms with Gasteiger partial charge in [0.15, 0.2) is 0 Å². The van der Waals surface area contributed by atoms with Gasteiger partial charge >= 0.3 is 6.18 Å². The topological polar surface area (TPSA) is 108 Å². The number of carbonyl (C=O) groups excluding carboxylic acids is 2. The third-order valence-electron chi connectivity index (χ3n) is 6.89. The van der Waals surface area contributed by atoms with E-state index in [4.69, 9.17) is 11.0 Å². The SMILES string of the molecule is Cn1ccc(C(=O)N2C[C@@H](C(N)=O)[C@H](C3CCN(c4ccc(C#N)c(C(F)(F)F)c4)CC3)C2)n1. The van der Waals surface area contributed by atoms with Crippen LogP contribution in [0.25, 0.3) is 0 Å². The second-order valence-electron chi connectivity index (χ2n) is 8.92. The molecule has 0 aliphatic carbocycles. The maximum absolute atomic E-state index is 13.3. The highest BCUT2D eigenvalue weighted by Crippen LogP contribution is 2.39. The van der Waals surface area contributed by atoms with E-state index in [9.17, 15) is 22.8 Å². The van der Waals surface area contributed by atoms with E-state index < -0.39 is 29.1 Å². The zero-order chi connectivity index (χ0) is 24.6. The summed E-state index contributed by atoms with van der Waals surface area (Å²) in [6, 6.07) is 6.98. The molecule has 2 amide bonds. The average molecular weight is 474 g/mol. The Labute approximate surface area is 194 Å². The number of aromatic nitrogens is 2. The Bertz CT molecular complexity index is 1130. The molecular formula is C23H25F3N6O2. The number of benzene rings is 1. The summed E-state index contributed by atoms with van der Waals surface area (Å²) in [6.07, 6.45) is -1.63. The lowest BCUT2D eigenvalue weighted by molar-refractivity contribution is -0.137. The molecule has 0 saturated carbocycles. The van der Waals surface area contributed by atoms with E-state index in [0.29, 0.717) is 43.9 Å². The molecular weight excluding hydrogens is 449 g/mol. The summed E-state index contributed by atoms with van der Waals surface area (Å²) in [6.45, 7) is 1.64. The summed E-state index contributed by atoms with van der Waals surface area (Å²) in [5, 5.41) is 13.2. The Kier molecular flexibility index (Phi) is 6.25. The van der Waals surface area contributed by atoms with E-state index in [1.807, 2.05) is 4.90 Å². The number of hydrogen-bond donors (Lipinski definition) is 1. The molecule has 3 heterocycles. The predicted octanol–water partition coefficient (Wildman–Crippen LogP) is 2.40. The minimum atomic E-state index is -4.61. The number of carbonyl (C=O) groups is 2. The van der Waals surface area contributed by atoms with E-state index in [1.165, 1.54) is 16.8 Å². The Morgan fingerprint density at radius 1 is 1.18 bits per heavy atom. The summed E-state index contributed by atoms with van der Waals surface area (Å²) in [4.78, 5) is 28.5. The number of alkyl halides is 3. The van der Waals surface area contributed by atoms with Crippen molar-refractivity contribution in [3.63, 3.8) is 0 Å². The van der Waals surface area contributed by atoms with Crippen LogP contribution in [0.1, 0.15) is 34.5 Å². The van der Waals surface area contributed by atoms with Gasteiger partial charge in [-0.15, -0.1) is 0 Å². The molecule has 2 fully saturated rings. The fourth-order valence-corrected chi connectivity index (χ4v) is 5.11. The lowest BCUT2D eigenvalue weighted by atomic mass is 9.78. The van der Waals surface area contributed by atoms with Gasteiger partial charge in [0, 0.05) is 45.1 Å². The molecule has 34 heavy (non-hydrogen) atoms. The monoisotopic (exact) mass is 474 g/mol. The molecule has 2 aromatic rings. The smallest absolute Gasteiger partial charge is 0.372 e. The van der Waals surface area contributed by atoms with Crippen LogP contribution in [-0.4, -0.2) is 52.7 Å². The van der Waals surface area contributed by atoms with Crippen LogP contribution in [0.5, 0.6) is 0 Å². The molecule has 2 aliphatic rings. The van der Waals surface area contributed by atoms with Crippen LogP contribution in [0.2, 0.25) is 0 Å². The molecule has 8 nitrogen and oxygen atoms in total. The Balaban J connectivity index is 1.45. The van der Waals surface area contributed by atoms with Crippen LogP contribution >= 0.6 is 0 Å². The zero-order valence-electron chi connectivity index (χ0n) is 18.6. The largest absolute Gasteiger partial charge is 0.417 e. The number of amides is 2. The van der Waals surface area contributed by atoms with E-state index in [-0.39, 0.29) is 24.3 Å². The molecule has 180 valence electrons. The number of primary amides is 1. The maximum Gasteiger partial charge on any atom is 0.417 e. The highest BCUT2D eigenvalue weighted by molar-refractivity contribution is 5.93. The first-order valence-corrected chi connectivity index (χ1v) is 11.0. The number of halogens is 3. The van der Waals surface area contributed by atoms with Crippen molar-refractivity contribution in [2.45, 2.75) is 19.0 Å². The average Bonchev–Trinajstić information content (AvgIpc) is 3.45. The number of hydrogen-bond acceptors (Lipinski definition) is 5. The number of nitrogens with zero attached hydrogens (tertiary/aromatic N) is 5. The van der Waals surface area contributed by atoms with Crippen LogP contribution < -0.4 is 10.6 Å². The number of piperidine rings is 1. The lowest BCUT2D eigenvalue weighted by Gasteiger charge is -2.37. The summed E-state index contributed by atoms with van der Waals surface area (Å²) < 4.78 is 41.6. The first-order valence-electron chi connectivity index (χ1n) is 11.0. The molecule has 0 radical (unpaired) electrons. The molecule has 1 aromatic carbocycles. The van der Waals surface area contributed by atoms with Gasteiger partial charge in [-0.25, -0.2) is 0 Å². The van der Waals surface area contributed by atoms with Crippen molar-refractivity contribution in [2.24, 2.45) is 30.5 Å². The molecule has 11 heteroatoms. The van der Waals surface area contributed by atoms with Gasteiger partial charge in [0.1, 0.15) is 5.69 Å². The van der Waals surface area contributed by atoms with Crippen LogP contribution in [0.4, 0.5) is 18.9 Å². The summed E-state index contributed by atoms with van der Waals surface area (Å²) in [5.74, 6) is -1.18. The first kappa shape index (κ1) is 23.6. The van der Waals surface area contributed by atoms with Crippen molar-refractivity contribution in [1.82, 2.24) is 14.7 Å². The van der Waals surface area contributed by atoms with Gasteiger partial charge in [-0.1, -0.05) is 0 Å². The van der Waals surface area contributed by atoms with E-state index in [1.54, 1.807) is 30.3 Å². The normalized spacial score (nSPS) is 21.5. The lowest BCUT2D eigenvalue weighted by Crippen LogP contribution is -2.40. The number of likely N-dealkylation sites (tertiary alicyclic amines) is 1. The summed E-state index contributed by atoms with van der Waals surface area (Å²) >= 11 is 0. The van der Waals surface area contributed by atoms with Crippen LogP contribution in [0.3, 0.4) is 0 Å². The number of aryl methyl sites for hydroxylation is 1. The van der Waals surface area contributed by atoms with Gasteiger partial charge < -0.3 is 15.5 Å². The third-order valence-corrected chi connectivity index (χ3v) is 6.89. The third kappa shape index (κ3) is 4.58. The van der Waals surface area contributed by atoms with Gasteiger partial charge in [0.2, 0.25) is 5.91 Å². The molecule has 0 spiro atoms. The van der Waals surface area contributed by atoms with Gasteiger partial charge in [-0.05, 0) is 48.9 Å². The minimum Gasteiger partial charge on any atom is -0.372 e. The second kappa shape index (κ2) is 9.00. The van der Waals surface area contributed by atoms with Crippen molar-refractivity contribution in [3.05, 3.63) is 47.3 Å². The number of nitrogens with two attached hydrogens (primary N) is 1. The predicted molar refractivity (Wildman–Crippen MR) is 116 cm³/mol. The summed E-state index contributed by atoms with van der Waals surface area (Å²) in [5.41, 5.74) is 5.04. The molecule has 4 rings (SSSR count). The number of rotatable bonds is 4. The van der Waals surface area contributed by atoms with Crippen molar-refractivity contribution in [2.75, 3.05) is 31.1 Å². The first-order chi connectivity index (χ1) is 16.1. The van der Waals surface area contributed by atoms with Crippen LogP contribution in [0.15, 0.2) is 30.5 Å². The van der Waals surface area contributed by atoms with Crippen molar-refractivity contribution >= 4 is 17.5 Å². The fourth-order valence-electron chi connectivity index (χ4n) is 5.11. The van der Waals surface area contributed by atoms with E-state index in [0.717, 1.165) is 6.07 Å². The molecule has 2 saturated heterocycles. The van der Waals surface area contributed by atoms with Gasteiger partial charge in [0.25, 0.3) is 5.91 Å². The van der Waals surface area contributed by atoms with Crippen molar-refractivity contribution < 1.29 is 22.8 Å². The highest BCUT2D eigenvalue weighted by Gasteiger charge is 2.44. The fraction of sp³-hybridized carbons (Fsp3) is 0.478. The Morgan fingerprint density at radius 2 is 1.88 bits per heavy atom. The van der Waals surface area contributed by atoms with Crippen molar-refractivity contribution in [1.29, 1.82) is 5.26 Å². The molecule has 2 atom stereocenters. The van der Waals surface area contributed by atoms with Crippen LogP contribution in [0, 0.1) is 29.1 Å². The molecule has 0 unspecified atom stereocenters. The van der Waals surface area contributed by atoms with Gasteiger partial charge in [0.05, 0.1) is 23.1 Å². The van der Waals surface area contributed by atoms with Gasteiger partial charge in [-0.2, -0.15) is 23.5 Å². The highest BCUT2D eigenvalue weighted by atomic mass is 19.4. The van der Waals surface area contributed by atoms with Crippen LogP contribution in [-0.2, 0) is 18.0 Å². The van der Waals surface area contributed by atoms with Gasteiger partial charge in [-0.3, -0.25) is 14.3 Å². The number of nitriles is 1. The quantitative estimate of drug-likeness (QED) is 0.732. The Hall–Kier alpha value is -3.55. The maximum atomic E-state index is 13.3. The van der Waals surface area contributed by atoms with E-state index >= 15 is 0 Å².